The van der Waals surface area contributed by atoms with Crippen molar-refractivity contribution >= 4 is 8.07 Å². The molecule has 0 nitrogen and oxygen atoms in total. The van der Waals surface area contributed by atoms with Gasteiger partial charge in [0.2, 0.25) is 0 Å². The zero-order valence-corrected chi connectivity index (χ0v) is 12.4. The van der Waals surface area contributed by atoms with Gasteiger partial charge in [0, 0.05) is 5.54 Å². The van der Waals surface area contributed by atoms with Crippen molar-refractivity contribution in [1.82, 2.24) is 0 Å². The summed E-state index contributed by atoms with van der Waals surface area (Å²) in [6.45, 7) is 7.45. The summed E-state index contributed by atoms with van der Waals surface area (Å²) in [5, 5.41) is 0. The van der Waals surface area contributed by atoms with Crippen molar-refractivity contribution in [2.45, 2.75) is 31.6 Å². The molecular weight excluding hydrogens is 232 g/mol. The zero-order chi connectivity index (χ0) is 12.8. The van der Waals surface area contributed by atoms with Gasteiger partial charge < -0.3 is 0 Å². The lowest BCUT2D eigenvalue weighted by atomic mass is 9.85. The molecule has 0 heterocycles. The number of hydrogen-bond acceptors (Lipinski definition) is 0. The second kappa shape index (κ2) is 4.10. The van der Waals surface area contributed by atoms with Crippen molar-refractivity contribution in [3.05, 3.63) is 70.8 Å². The molecule has 0 saturated heterocycles. The third kappa shape index (κ3) is 1.83. The van der Waals surface area contributed by atoms with Crippen LogP contribution in [-0.4, -0.2) is 8.07 Å². The first-order valence-electron chi connectivity index (χ1n) is 6.73. The van der Waals surface area contributed by atoms with Crippen molar-refractivity contribution < 1.29 is 0 Å². The van der Waals surface area contributed by atoms with Gasteiger partial charge in [-0.1, -0.05) is 68.2 Å². The van der Waals surface area contributed by atoms with Crippen LogP contribution in [0.5, 0.6) is 0 Å². The summed E-state index contributed by atoms with van der Waals surface area (Å²) in [5.74, 6) is 0. The van der Waals surface area contributed by atoms with Gasteiger partial charge in [-0.05, 0) is 28.7 Å². The standard InChI is InChI=1S/C17H20Si/c1-18(2,3)17-15-10-6-4-8-13(15)12-14-9-5-7-11-16(14)17/h4-11,17H,12H2,1-3H3. The maximum absolute atomic E-state index is 2.48. The van der Waals surface area contributed by atoms with E-state index in [2.05, 4.69) is 68.2 Å². The molecule has 0 amide bonds. The molecule has 0 aliphatic heterocycles. The van der Waals surface area contributed by atoms with Crippen LogP contribution >= 0.6 is 0 Å². The highest BCUT2D eigenvalue weighted by atomic mass is 28.3. The molecule has 0 unspecified atom stereocenters. The molecule has 0 spiro atoms. The van der Waals surface area contributed by atoms with Crippen LogP contribution in [0.3, 0.4) is 0 Å². The third-order valence-corrected chi connectivity index (χ3v) is 6.33. The molecule has 1 aliphatic carbocycles. The molecule has 2 aromatic rings. The number of hydrogen-bond donors (Lipinski definition) is 0. The predicted octanol–water partition coefficient (Wildman–Crippen LogP) is 4.60. The van der Waals surface area contributed by atoms with Gasteiger partial charge in [0.25, 0.3) is 0 Å². The van der Waals surface area contributed by atoms with Crippen LogP contribution in [-0.2, 0) is 6.42 Å². The van der Waals surface area contributed by atoms with Gasteiger partial charge in [0.1, 0.15) is 0 Å². The molecule has 1 aliphatic rings. The molecule has 0 bridgehead atoms. The SMILES string of the molecule is C[Si](C)(C)C1c2ccccc2Cc2ccccc21. The van der Waals surface area contributed by atoms with Gasteiger partial charge in [0.05, 0.1) is 8.07 Å². The Balaban J connectivity index is 2.24. The molecule has 0 radical (unpaired) electrons. The van der Waals surface area contributed by atoms with Crippen LogP contribution in [0, 0.1) is 0 Å². The molecule has 18 heavy (non-hydrogen) atoms. The molecule has 0 fully saturated rings. The van der Waals surface area contributed by atoms with E-state index in [-0.39, 0.29) is 0 Å². The molecule has 0 saturated carbocycles. The number of fused-ring (bicyclic) bond motifs is 2. The highest BCUT2D eigenvalue weighted by Crippen LogP contribution is 2.41. The van der Waals surface area contributed by atoms with Crippen molar-refractivity contribution in [3.63, 3.8) is 0 Å². The first-order chi connectivity index (χ1) is 8.57. The lowest BCUT2D eigenvalue weighted by Crippen LogP contribution is -2.35. The molecule has 0 aromatic heterocycles. The first kappa shape index (κ1) is 11.7. The Morgan fingerprint density at radius 1 is 0.778 bits per heavy atom. The van der Waals surface area contributed by atoms with E-state index < -0.39 is 8.07 Å². The minimum atomic E-state index is -1.26. The molecular formula is C17H20Si. The zero-order valence-electron chi connectivity index (χ0n) is 11.4. The minimum Gasteiger partial charge on any atom is -0.0688 e. The maximum atomic E-state index is 2.48. The first-order valence-corrected chi connectivity index (χ1v) is 10.3. The van der Waals surface area contributed by atoms with Crippen molar-refractivity contribution in [3.8, 4) is 0 Å². The smallest absolute Gasteiger partial charge is 0.0573 e. The third-order valence-electron chi connectivity index (χ3n) is 3.98. The minimum absolute atomic E-state index is 0.652. The van der Waals surface area contributed by atoms with Crippen LogP contribution in [0.25, 0.3) is 0 Å². The van der Waals surface area contributed by atoms with Gasteiger partial charge >= 0.3 is 0 Å². The summed E-state index contributed by atoms with van der Waals surface area (Å²) in [4.78, 5) is 0. The fourth-order valence-electron chi connectivity index (χ4n) is 3.26. The summed E-state index contributed by atoms with van der Waals surface area (Å²) < 4.78 is 0. The van der Waals surface area contributed by atoms with E-state index in [9.17, 15) is 0 Å². The van der Waals surface area contributed by atoms with Gasteiger partial charge in [-0.3, -0.25) is 0 Å². The highest BCUT2D eigenvalue weighted by Gasteiger charge is 2.34. The fraction of sp³-hybridized carbons (Fsp3) is 0.294. The predicted molar refractivity (Wildman–Crippen MR) is 80.9 cm³/mol. The average Bonchev–Trinajstić information content (AvgIpc) is 2.34. The van der Waals surface area contributed by atoms with Crippen LogP contribution in [0.15, 0.2) is 48.5 Å². The molecule has 0 atom stereocenters. The molecule has 1 heteroatoms. The van der Waals surface area contributed by atoms with Crippen LogP contribution < -0.4 is 0 Å². The summed E-state index contributed by atoms with van der Waals surface area (Å²) in [5.41, 5.74) is 6.87. The summed E-state index contributed by atoms with van der Waals surface area (Å²) in [7, 11) is -1.26. The Morgan fingerprint density at radius 3 is 1.67 bits per heavy atom. The fourth-order valence-corrected chi connectivity index (χ4v) is 5.69. The van der Waals surface area contributed by atoms with Gasteiger partial charge in [-0.2, -0.15) is 0 Å². The summed E-state index contributed by atoms with van der Waals surface area (Å²) >= 11 is 0. The Labute approximate surface area is 111 Å². The second-order valence-electron chi connectivity index (χ2n) is 6.37. The van der Waals surface area contributed by atoms with Crippen molar-refractivity contribution in [2.75, 3.05) is 0 Å². The Hall–Kier alpha value is -1.34. The Bertz CT molecular complexity index is 533. The topological polar surface area (TPSA) is 0 Å². The van der Waals surface area contributed by atoms with E-state index in [0.29, 0.717) is 5.54 Å². The summed E-state index contributed by atoms with van der Waals surface area (Å²) in [6.07, 6.45) is 1.10. The molecule has 0 N–H and O–H groups in total. The lowest BCUT2D eigenvalue weighted by Gasteiger charge is -2.36. The average molecular weight is 252 g/mol. The Kier molecular flexibility index (Phi) is 2.67. The second-order valence-corrected chi connectivity index (χ2v) is 11.7. The van der Waals surface area contributed by atoms with Gasteiger partial charge in [-0.25, -0.2) is 0 Å². The highest BCUT2D eigenvalue weighted by molar-refractivity contribution is 6.78. The normalized spacial score (nSPS) is 15.1. The van der Waals surface area contributed by atoms with E-state index in [1.54, 1.807) is 11.1 Å². The quantitative estimate of drug-likeness (QED) is 0.651. The van der Waals surface area contributed by atoms with Crippen LogP contribution in [0.1, 0.15) is 27.8 Å². The van der Waals surface area contributed by atoms with Gasteiger partial charge in [-0.15, -0.1) is 0 Å². The Morgan fingerprint density at radius 2 is 1.22 bits per heavy atom. The lowest BCUT2D eigenvalue weighted by molar-refractivity contribution is 0.944. The van der Waals surface area contributed by atoms with Crippen LogP contribution in [0.2, 0.25) is 19.6 Å². The van der Waals surface area contributed by atoms with E-state index in [4.69, 9.17) is 0 Å². The van der Waals surface area contributed by atoms with Crippen molar-refractivity contribution in [2.24, 2.45) is 0 Å². The van der Waals surface area contributed by atoms with Gasteiger partial charge in [0.15, 0.2) is 0 Å². The van der Waals surface area contributed by atoms with E-state index in [1.807, 2.05) is 0 Å². The van der Waals surface area contributed by atoms with E-state index in [1.165, 1.54) is 11.1 Å². The molecule has 2 aromatic carbocycles. The molecule has 3 rings (SSSR count). The number of benzene rings is 2. The van der Waals surface area contributed by atoms with Crippen LogP contribution in [0.4, 0.5) is 0 Å². The molecule has 92 valence electrons. The maximum Gasteiger partial charge on any atom is 0.0573 e. The largest absolute Gasteiger partial charge is 0.0688 e. The van der Waals surface area contributed by atoms with E-state index >= 15 is 0 Å². The monoisotopic (exact) mass is 252 g/mol. The van der Waals surface area contributed by atoms with Crippen molar-refractivity contribution in [1.29, 1.82) is 0 Å². The summed E-state index contributed by atoms with van der Waals surface area (Å²) in [6, 6.07) is 18.0. The number of rotatable bonds is 1. The van der Waals surface area contributed by atoms with E-state index in [0.717, 1.165) is 6.42 Å².